The zero-order chi connectivity index (χ0) is 20.5. The van der Waals surface area contributed by atoms with E-state index in [1.54, 1.807) is 0 Å². The normalized spacial score (nSPS) is 16.1. The smallest absolute Gasteiger partial charge is 0.139 e. The molecule has 0 unspecified atom stereocenters. The molecule has 2 aromatic heterocycles. The van der Waals surface area contributed by atoms with Crippen molar-refractivity contribution in [2.45, 2.75) is 38.6 Å². The van der Waals surface area contributed by atoms with Crippen LogP contribution in [-0.2, 0) is 6.54 Å². The van der Waals surface area contributed by atoms with Crippen LogP contribution in [0.4, 0.5) is 0 Å². The van der Waals surface area contributed by atoms with E-state index in [1.807, 2.05) is 18.2 Å². The van der Waals surface area contributed by atoms with Gasteiger partial charge in [-0.2, -0.15) is 0 Å². The summed E-state index contributed by atoms with van der Waals surface area (Å²) in [6, 6.07) is 14.6. The molecule has 1 saturated heterocycles. The molecule has 0 radical (unpaired) electrons. The molecule has 0 spiro atoms. The Morgan fingerprint density at radius 3 is 2.73 bits per heavy atom. The molecule has 30 heavy (non-hydrogen) atoms. The van der Waals surface area contributed by atoms with Crippen LogP contribution in [0.3, 0.4) is 0 Å². The van der Waals surface area contributed by atoms with E-state index in [-0.39, 0.29) is 0 Å². The number of rotatable bonds is 6. The number of aryl methyl sites for hydroxylation is 1. The standard InChI is InChI=1S/C25H29ClN4/c1-29-15-11-18(12-16-29)6-2-3-14-30-17-13-19-20(7-4-10-23(19)30)25-27-22-9-5-8-21(26)24(22)28-25/h4-5,7-10,13,17-18H,2-3,6,11-12,14-16H2,1H3,(H,27,28). The maximum Gasteiger partial charge on any atom is 0.139 e. The predicted molar refractivity (Wildman–Crippen MR) is 126 cm³/mol. The van der Waals surface area contributed by atoms with Crippen LogP contribution in [0.25, 0.3) is 33.3 Å². The Kier molecular flexibility index (Phi) is 5.53. The lowest BCUT2D eigenvalue weighted by molar-refractivity contribution is 0.209. The molecule has 0 saturated carbocycles. The molecule has 4 nitrogen and oxygen atoms in total. The van der Waals surface area contributed by atoms with Crippen molar-refractivity contribution in [3.05, 3.63) is 53.7 Å². The Bertz CT molecular complexity index is 1150. The van der Waals surface area contributed by atoms with Gasteiger partial charge >= 0.3 is 0 Å². The van der Waals surface area contributed by atoms with Crippen LogP contribution in [-0.4, -0.2) is 39.6 Å². The van der Waals surface area contributed by atoms with Gasteiger partial charge in [-0.1, -0.05) is 42.6 Å². The number of nitrogens with zero attached hydrogens (tertiary/aromatic N) is 3. The number of fused-ring (bicyclic) bond motifs is 2. The molecule has 1 fully saturated rings. The number of benzene rings is 2. The van der Waals surface area contributed by atoms with Gasteiger partial charge in [-0.25, -0.2) is 4.98 Å². The van der Waals surface area contributed by atoms with E-state index in [0.717, 1.165) is 34.9 Å². The summed E-state index contributed by atoms with van der Waals surface area (Å²) in [5.74, 6) is 1.80. The Morgan fingerprint density at radius 2 is 1.90 bits per heavy atom. The third kappa shape index (κ3) is 3.86. The molecule has 2 aromatic carbocycles. The Morgan fingerprint density at radius 1 is 1.07 bits per heavy atom. The molecule has 1 aliphatic heterocycles. The highest BCUT2D eigenvalue weighted by atomic mass is 35.5. The number of unbranched alkanes of at least 4 members (excludes halogenated alkanes) is 1. The van der Waals surface area contributed by atoms with Crippen molar-refractivity contribution in [2.24, 2.45) is 5.92 Å². The molecule has 156 valence electrons. The summed E-state index contributed by atoms with van der Waals surface area (Å²) in [6.07, 6.45) is 8.88. The van der Waals surface area contributed by atoms with E-state index >= 15 is 0 Å². The monoisotopic (exact) mass is 420 g/mol. The maximum atomic E-state index is 6.33. The summed E-state index contributed by atoms with van der Waals surface area (Å²) in [7, 11) is 2.24. The number of halogens is 1. The van der Waals surface area contributed by atoms with Gasteiger partial charge in [0.1, 0.15) is 11.3 Å². The molecule has 4 aromatic rings. The fourth-order valence-electron chi connectivity index (χ4n) is 4.82. The van der Waals surface area contributed by atoms with Crippen LogP contribution in [0, 0.1) is 5.92 Å². The average molecular weight is 421 g/mol. The van der Waals surface area contributed by atoms with E-state index in [4.69, 9.17) is 16.6 Å². The van der Waals surface area contributed by atoms with Crippen LogP contribution in [0.5, 0.6) is 0 Å². The first-order valence-electron chi connectivity index (χ1n) is 11.1. The second-order valence-electron chi connectivity index (χ2n) is 8.71. The molecule has 3 heterocycles. The number of imidazole rings is 1. The lowest BCUT2D eigenvalue weighted by Gasteiger charge is -2.28. The molecule has 0 bridgehead atoms. The van der Waals surface area contributed by atoms with Gasteiger partial charge in [0, 0.05) is 29.2 Å². The van der Waals surface area contributed by atoms with Gasteiger partial charge in [-0.15, -0.1) is 0 Å². The summed E-state index contributed by atoms with van der Waals surface area (Å²) < 4.78 is 2.39. The van der Waals surface area contributed by atoms with Crippen molar-refractivity contribution in [2.75, 3.05) is 20.1 Å². The first kappa shape index (κ1) is 19.7. The zero-order valence-corrected chi connectivity index (χ0v) is 18.3. The number of para-hydroxylation sites is 1. The molecule has 1 N–H and O–H groups in total. The third-order valence-electron chi connectivity index (χ3n) is 6.63. The second kappa shape index (κ2) is 8.44. The second-order valence-corrected chi connectivity index (χ2v) is 9.12. The van der Waals surface area contributed by atoms with Crippen LogP contribution in [0.1, 0.15) is 32.1 Å². The quantitative estimate of drug-likeness (QED) is 0.369. The highest BCUT2D eigenvalue weighted by Gasteiger charge is 2.16. The topological polar surface area (TPSA) is 36.9 Å². The minimum Gasteiger partial charge on any atom is -0.347 e. The van der Waals surface area contributed by atoms with Crippen LogP contribution in [0.15, 0.2) is 48.7 Å². The fourth-order valence-corrected chi connectivity index (χ4v) is 5.03. The molecule has 5 heteroatoms. The highest BCUT2D eigenvalue weighted by Crippen LogP contribution is 2.31. The first-order valence-corrected chi connectivity index (χ1v) is 11.5. The SMILES string of the molecule is CN1CCC(CCCCn2ccc3c(-c4nc5c(Cl)cccc5[nH]4)cccc32)CC1. The third-order valence-corrected chi connectivity index (χ3v) is 6.94. The Balaban J connectivity index is 1.30. The summed E-state index contributed by atoms with van der Waals surface area (Å²) in [5.41, 5.74) is 4.21. The first-order chi connectivity index (χ1) is 14.7. The number of H-pyrrole nitrogens is 1. The molecular weight excluding hydrogens is 392 g/mol. The number of hydrogen-bond donors (Lipinski definition) is 1. The van der Waals surface area contributed by atoms with Gasteiger partial charge in [-0.3, -0.25) is 0 Å². The van der Waals surface area contributed by atoms with Gasteiger partial charge < -0.3 is 14.5 Å². The molecule has 0 amide bonds. The molecule has 0 aliphatic carbocycles. The number of aromatic nitrogens is 3. The number of hydrogen-bond acceptors (Lipinski definition) is 2. The van der Waals surface area contributed by atoms with Crippen molar-refractivity contribution in [1.82, 2.24) is 19.4 Å². The fraction of sp³-hybridized carbons (Fsp3) is 0.400. The lowest BCUT2D eigenvalue weighted by Crippen LogP contribution is -2.30. The van der Waals surface area contributed by atoms with Crippen molar-refractivity contribution in [3.8, 4) is 11.4 Å². The summed E-state index contributed by atoms with van der Waals surface area (Å²) in [4.78, 5) is 10.7. The van der Waals surface area contributed by atoms with Crippen LogP contribution in [0.2, 0.25) is 5.02 Å². The summed E-state index contributed by atoms with van der Waals surface area (Å²) in [6.45, 7) is 3.61. The lowest BCUT2D eigenvalue weighted by atomic mass is 9.92. The highest BCUT2D eigenvalue weighted by molar-refractivity contribution is 6.35. The zero-order valence-electron chi connectivity index (χ0n) is 17.6. The van der Waals surface area contributed by atoms with E-state index in [1.165, 1.54) is 56.1 Å². The Hall–Kier alpha value is -2.30. The van der Waals surface area contributed by atoms with E-state index in [9.17, 15) is 0 Å². The van der Waals surface area contributed by atoms with Gasteiger partial charge in [-0.05, 0) is 69.6 Å². The van der Waals surface area contributed by atoms with Gasteiger partial charge in [0.2, 0.25) is 0 Å². The number of piperidine rings is 1. The largest absolute Gasteiger partial charge is 0.347 e. The molecule has 1 aliphatic rings. The van der Waals surface area contributed by atoms with E-state index in [2.05, 4.69) is 52.0 Å². The number of likely N-dealkylation sites (tertiary alicyclic amines) is 1. The minimum absolute atomic E-state index is 0.685. The van der Waals surface area contributed by atoms with Crippen molar-refractivity contribution < 1.29 is 0 Å². The van der Waals surface area contributed by atoms with Crippen molar-refractivity contribution >= 4 is 33.5 Å². The summed E-state index contributed by atoms with van der Waals surface area (Å²) in [5, 5.41) is 1.92. The van der Waals surface area contributed by atoms with Gasteiger partial charge in [0.05, 0.1) is 10.5 Å². The van der Waals surface area contributed by atoms with Crippen molar-refractivity contribution in [1.29, 1.82) is 0 Å². The molecular formula is C25H29ClN4. The average Bonchev–Trinajstić information content (AvgIpc) is 3.38. The molecule has 5 rings (SSSR count). The van der Waals surface area contributed by atoms with E-state index in [0.29, 0.717) is 5.02 Å². The van der Waals surface area contributed by atoms with Gasteiger partial charge in [0.15, 0.2) is 0 Å². The Labute approximate surface area is 182 Å². The number of nitrogens with one attached hydrogen (secondary N) is 1. The van der Waals surface area contributed by atoms with E-state index < -0.39 is 0 Å². The van der Waals surface area contributed by atoms with Crippen molar-refractivity contribution in [3.63, 3.8) is 0 Å². The maximum absolute atomic E-state index is 6.33. The predicted octanol–water partition coefficient (Wildman–Crippen LogP) is 6.35. The molecule has 0 atom stereocenters. The van der Waals surface area contributed by atoms with Crippen LogP contribution < -0.4 is 0 Å². The minimum atomic E-state index is 0.685. The van der Waals surface area contributed by atoms with Crippen LogP contribution >= 0.6 is 11.6 Å². The number of aromatic amines is 1. The summed E-state index contributed by atoms with van der Waals surface area (Å²) >= 11 is 6.33. The van der Waals surface area contributed by atoms with Gasteiger partial charge in [0.25, 0.3) is 0 Å².